The van der Waals surface area contributed by atoms with E-state index in [0.29, 0.717) is 6.04 Å². The Balaban J connectivity index is 2.28. The summed E-state index contributed by atoms with van der Waals surface area (Å²) < 4.78 is 0. The molecule has 0 spiro atoms. The van der Waals surface area contributed by atoms with E-state index in [1.165, 1.54) is 54.4 Å². The van der Waals surface area contributed by atoms with E-state index < -0.39 is 0 Å². The van der Waals surface area contributed by atoms with Crippen LogP contribution < -0.4 is 5.32 Å². The van der Waals surface area contributed by atoms with Gasteiger partial charge in [-0.25, -0.2) is 0 Å². The summed E-state index contributed by atoms with van der Waals surface area (Å²) in [4.78, 5) is 0. The lowest BCUT2D eigenvalue weighted by molar-refractivity contribution is 0.498. The molecular weight excluding hydrogens is 254 g/mol. The maximum Gasteiger partial charge on any atom is 0.0294 e. The first-order valence-corrected chi connectivity index (χ1v) is 8.73. The number of hydrogen-bond acceptors (Lipinski definition) is 1. The Hall–Kier alpha value is -0.820. The van der Waals surface area contributed by atoms with Crippen LogP contribution in [0.25, 0.3) is 0 Å². The fourth-order valence-corrected chi connectivity index (χ4v) is 2.91. The van der Waals surface area contributed by atoms with Gasteiger partial charge in [-0.15, -0.1) is 0 Å². The van der Waals surface area contributed by atoms with Gasteiger partial charge in [-0.05, 0) is 68.8 Å². The number of unbranched alkanes of at least 4 members (excludes halogenated alkanes) is 3. The van der Waals surface area contributed by atoms with Gasteiger partial charge >= 0.3 is 0 Å². The highest BCUT2D eigenvalue weighted by molar-refractivity contribution is 5.37. The van der Waals surface area contributed by atoms with Crippen LogP contribution in [0.5, 0.6) is 0 Å². The smallest absolute Gasteiger partial charge is 0.0294 e. The first kappa shape index (κ1) is 18.2. The predicted octanol–water partition coefficient (Wildman–Crippen LogP) is 5.87. The molecule has 21 heavy (non-hydrogen) atoms. The Kier molecular flexibility index (Phi) is 8.03. The Bertz CT molecular complexity index is 420. The fourth-order valence-electron chi connectivity index (χ4n) is 2.91. The van der Waals surface area contributed by atoms with Crippen LogP contribution in [0.3, 0.4) is 0 Å². The normalized spacial score (nSPS) is 12.9. The Morgan fingerprint density at radius 3 is 2.10 bits per heavy atom. The van der Waals surface area contributed by atoms with Gasteiger partial charge in [-0.2, -0.15) is 0 Å². The van der Waals surface area contributed by atoms with Crippen LogP contribution in [-0.4, -0.2) is 6.54 Å². The Labute approximate surface area is 132 Å². The summed E-state index contributed by atoms with van der Waals surface area (Å²) in [5.74, 6) is 0.857. The second-order valence-electron chi connectivity index (χ2n) is 7.07. The molecule has 120 valence electrons. The molecule has 1 unspecified atom stereocenters. The van der Waals surface area contributed by atoms with Crippen LogP contribution >= 0.6 is 0 Å². The molecule has 0 saturated carbocycles. The molecular formula is C20H35N. The quantitative estimate of drug-likeness (QED) is 0.561. The van der Waals surface area contributed by atoms with Crippen LogP contribution in [-0.2, 0) is 0 Å². The summed E-state index contributed by atoms with van der Waals surface area (Å²) in [6.45, 7) is 14.7. The van der Waals surface area contributed by atoms with Gasteiger partial charge in [0, 0.05) is 6.04 Å². The summed E-state index contributed by atoms with van der Waals surface area (Å²) in [6, 6.07) is 5.12. The first-order chi connectivity index (χ1) is 9.91. The zero-order valence-corrected chi connectivity index (χ0v) is 15.1. The maximum absolute atomic E-state index is 3.69. The molecule has 1 N–H and O–H groups in total. The van der Waals surface area contributed by atoms with Crippen molar-refractivity contribution in [3.8, 4) is 0 Å². The molecule has 0 aromatic heterocycles. The summed E-state index contributed by atoms with van der Waals surface area (Å²) >= 11 is 0. The number of nitrogens with one attached hydrogen (secondary N) is 1. The number of hydrogen-bond donors (Lipinski definition) is 1. The molecule has 0 bridgehead atoms. The average Bonchev–Trinajstić information content (AvgIpc) is 2.41. The number of benzene rings is 1. The summed E-state index contributed by atoms with van der Waals surface area (Å²) in [5, 5.41) is 3.69. The van der Waals surface area contributed by atoms with Crippen LogP contribution in [0, 0.1) is 26.7 Å². The van der Waals surface area contributed by atoms with Crippen molar-refractivity contribution in [3.63, 3.8) is 0 Å². The molecule has 1 aromatic carbocycles. The molecule has 0 amide bonds. The molecule has 1 rings (SSSR count). The van der Waals surface area contributed by atoms with E-state index in [9.17, 15) is 0 Å². The van der Waals surface area contributed by atoms with Crippen molar-refractivity contribution in [1.29, 1.82) is 0 Å². The third-order valence-corrected chi connectivity index (χ3v) is 4.51. The van der Waals surface area contributed by atoms with Gasteiger partial charge in [0.1, 0.15) is 0 Å². The minimum absolute atomic E-state index is 0.458. The molecule has 0 radical (unpaired) electrons. The molecule has 0 saturated heterocycles. The minimum Gasteiger partial charge on any atom is -0.310 e. The molecule has 0 heterocycles. The van der Waals surface area contributed by atoms with Crippen LogP contribution in [0.2, 0.25) is 0 Å². The van der Waals surface area contributed by atoms with Crippen molar-refractivity contribution in [1.82, 2.24) is 5.32 Å². The van der Waals surface area contributed by atoms with E-state index in [4.69, 9.17) is 0 Å². The van der Waals surface area contributed by atoms with Crippen molar-refractivity contribution in [2.24, 2.45) is 5.92 Å². The summed E-state index contributed by atoms with van der Waals surface area (Å²) in [5.41, 5.74) is 5.67. The standard InChI is InChI=1S/C20H35N/c1-15(2)11-9-7-8-10-12-21-19(6)20-14-17(4)16(3)13-18(20)5/h13-15,19,21H,7-12H2,1-6H3. The fraction of sp³-hybridized carbons (Fsp3) is 0.700. The molecule has 0 fully saturated rings. The Morgan fingerprint density at radius 1 is 0.810 bits per heavy atom. The molecule has 0 aliphatic heterocycles. The van der Waals surface area contributed by atoms with Gasteiger partial charge in [-0.1, -0.05) is 51.7 Å². The largest absolute Gasteiger partial charge is 0.310 e. The van der Waals surface area contributed by atoms with Gasteiger partial charge in [0.05, 0.1) is 0 Å². The van der Waals surface area contributed by atoms with Gasteiger partial charge in [0.15, 0.2) is 0 Å². The van der Waals surface area contributed by atoms with Gasteiger partial charge in [-0.3, -0.25) is 0 Å². The topological polar surface area (TPSA) is 12.0 Å². The number of rotatable bonds is 9. The molecule has 1 heteroatoms. The van der Waals surface area contributed by atoms with Crippen molar-refractivity contribution >= 4 is 0 Å². The lowest BCUT2D eigenvalue weighted by Gasteiger charge is -2.18. The summed E-state index contributed by atoms with van der Waals surface area (Å²) in [6.07, 6.45) is 6.82. The Morgan fingerprint density at radius 2 is 1.43 bits per heavy atom. The predicted molar refractivity (Wildman–Crippen MR) is 95.0 cm³/mol. The zero-order chi connectivity index (χ0) is 15.8. The monoisotopic (exact) mass is 289 g/mol. The van der Waals surface area contributed by atoms with Crippen molar-refractivity contribution < 1.29 is 0 Å². The summed E-state index contributed by atoms with van der Waals surface area (Å²) in [7, 11) is 0. The van der Waals surface area contributed by atoms with E-state index in [1.54, 1.807) is 0 Å². The minimum atomic E-state index is 0.458. The lowest BCUT2D eigenvalue weighted by atomic mass is 9.96. The SMILES string of the molecule is Cc1cc(C)c(C(C)NCCCCCCC(C)C)cc1C. The lowest BCUT2D eigenvalue weighted by Crippen LogP contribution is -2.20. The molecule has 0 aliphatic carbocycles. The van der Waals surface area contributed by atoms with Gasteiger partial charge in [0.25, 0.3) is 0 Å². The van der Waals surface area contributed by atoms with Crippen molar-refractivity contribution in [3.05, 3.63) is 34.4 Å². The first-order valence-electron chi connectivity index (χ1n) is 8.73. The van der Waals surface area contributed by atoms with E-state index in [1.807, 2.05) is 0 Å². The highest BCUT2D eigenvalue weighted by Gasteiger charge is 2.09. The van der Waals surface area contributed by atoms with Crippen LogP contribution in [0.1, 0.15) is 81.2 Å². The zero-order valence-electron chi connectivity index (χ0n) is 15.1. The van der Waals surface area contributed by atoms with E-state index in [-0.39, 0.29) is 0 Å². The van der Waals surface area contributed by atoms with E-state index >= 15 is 0 Å². The van der Waals surface area contributed by atoms with Gasteiger partial charge in [0.2, 0.25) is 0 Å². The van der Waals surface area contributed by atoms with Crippen molar-refractivity contribution in [2.45, 2.75) is 79.7 Å². The second-order valence-corrected chi connectivity index (χ2v) is 7.07. The third-order valence-electron chi connectivity index (χ3n) is 4.51. The van der Waals surface area contributed by atoms with Gasteiger partial charge < -0.3 is 5.32 Å². The number of aryl methyl sites for hydroxylation is 3. The molecule has 1 aromatic rings. The van der Waals surface area contributed by atoms with E-state index in [0.717, 1.165) is 12.5 Å². The second kappa shape index (κ2) is 9.25. The highest BCUT2D eigenvalue weighted by atomic mass is 14.9. The molecule has 0 aliphatic rings. The average molecular weight is 290 g/mol. The maximum atomic E-state index is 3.69. The van der Waals surface area contributed by atoms with Crippen molar-refractivity contribution in [2.75, 3.05) is 6.54 Å². The van der Waals surface area contributed by atoms with Crippen LogP contribution in [0.4, 0.5) is 0 Å². The molecule has 1 nitrogen and oxygen atoms in total. The van der Waals surface area contributed by atoms with E-state index in [2.05, 4.69) is 59.0 Å². The van der Waals surface area contributed by atoms with Crippen LogP contribution in [0.15, 0.2) is 12.1 Å². The molecule has 1 atom stereocenters. The third kappa shape index (κ3) is 6.65. The highest BCUT2D eigenvalue weighted by Crippen LogP contribution is 2.21.